The first-order chi connectivity index (χ1) is 22.9. The van der Waals surface area contributed by atoms with E-state index in [-0.39, 0.29) is 59.6 Å². The Morgan fingerprint density at radius 1 is 1.04 bits per heavy atom. The molecule has 0 spiro atoms. The number of rotatable bonds is 8. The number of amides is 2. The molecule has 2 aliphatic heterocycles. The number of benzene rings is 3. The zero-order valence-corrected chi connectivity index (χ0v) is 26.8. The number of aliphatic hydroxyl groups excluding tert-OH is 1. The predicted molar refractivity (Wildman–Crippen MR) is 172 cm³/mol. The molecule has 3 aromatic rings. The number of anilines is 2. The Morgan fingerprint density at radius 3 is 2.52 bits per heavy atom. The number of hydrogen-bond donors (Lipinski definition) is 4. The zero-order valence-electron chi connectivity index (χ0n) is 25.2. The van der Waals surface area contributed by atoms with Crippen molar-refractivity contribution >= 4 is 49.4 Å². The third kappa shape index (κ3) is 5.96. The molecule has 48 heavy (non-hydrogen) atoms. The lowest BCUT2D eigenvalue weighted by atomic mass is 9.77. The molecule has 3 aromatic carbocycles. The number of carbonyl (C=O) groups excluding carboxylic acids is 2. The Labute approximate surface area is 275 Å². The maximum absolute atomic E-state index is 14.1. The first-order valence-corrected chi connectivity index (χ1v) is 18.1. The van der Waals surface area contributed by atoms with Crippen molar-refractivity contribution in [2.24, 2.45) is 22.2 Å². The van der Waals surface area contributed by atoms with Crippen LogP contribution in [-0.4, -0.2) is 50.7 Å². The first kappa shape index (κ1) is 31.6. The number of fused-ring (bicyclic) bond motifs is 6. The molecule has 2 bridgehead atoms. The number of nitrogens with one attached hydrogen (secondary N) is 3. The average molecular weight is 696 g/mol. The summed E-state index contributed by atoms with van der Waals surface area (Å²) in [6, 6.07) is 17.6. The van der Waals surface area contributed by atoms with Gasteiger partial charge in [-0.2, -0.15) is 16.8 Å². The zero-order chi connectivity index (χ0) is 33.8. The number of ether oxygens (including phenoxy) is 1. The highest BCUT2D eigenvalue weighted by molar-refractivity contribution is 7.91. The minimum atomic E-state index is -4.53. The van der Waals surface area contributed by atoms with Crippen LogP contribution in [0.3, 0.4) is 0 Å². The molecule has 0 aromatic heterocycles. The Balaban J connectivity index is 1.12. The molecular formula is C32H30FN5O8S2. The van der Waals surface area contributed by atoms with Crippen molar-refractivity contribution in [3.63, 3.8) is 0 Å². The molecule has 13 nitrogen and oxygen atoms in total. The predicted octanol–water partition coefficient (Wildman–Crippen LogP) is 4.19. The molecule has 2 unspecified atom stereocenters. The third-order valence-corrected chi connectivity index (χ3v) is 11.4. The molecule has 2 aliphatic carbocycles. The van der Waals surface area contributed by atoms with Gasteiger partial charge in [-0.15, -0.1) is 4.40 Å². The van der Waals surface area contributed by atoms with Crippen molar-refractivity contribution in [2.45, 2.75) is 43.4 Å². The normalized spacial score (nSPS) is 23.9. The van der Waals surface area contributed by atoms with Crippen molar-refractivity contribution in [3.05, 3.63) is 101 Å². The number of nitrogens with zero attached hydrogens (tertiary/aromatic N) is 2. The van der Waals surface area contributed by atoms with Crippen LogP contribution in [0.4, 0.5) is 20.6 Å². The molecule has 16 heteroatoms. The lowest BCUT2D eigenvalue weighted by molar-refractivity contribution is -0.134. The van der Waals surface area contributed by atoms with E-state index in [0.717, 1.165) is 25.3 Å². The van der Waals surface area contributed by atoms with Crippen molar-refractivity contribution < 1.29 is 40.7 Å². The van der Waals surface area contributed by atoms with Gasteiger partial charge < -0.3 is 20.1 Å². The van der Waals surface area contributed by atoms with Crippen LogP contribution in [0, 0.1) is 23.6 Å². The van der Waals surface area contributed by atoms with Crippen LogP contribution in [-0.2, 0) is 42.9 Å². The minimum absolute atomic E-state index is 0.00794. The summed E-state index contributed by atoms with van der Waals surface area (Å²) in [6.45, 7) is -0.0410. The van der Waals surface area contributed by atoms with Crippen LogP contribution in [0.5, 0.6) is 0 Å². The molecule has 0 radical (unpaired) electrons. The Kier molecular flexibility index (Phi) is 7.86. The van der Waals surface area contributed by atoms with Crippen LogP contribution in [0.25, 0.3) is 0 Å². The van der Waals surface area contributed by atoms with Gasteiger partial charge >= 0.3 is 16.3 Å². The van der Waals surface area contributed by atoms with E-state index in [1.807, 2.05) is 0 Å². The molecule has 4 aliphatic rings. The quantitative estimate of drug-likeness (QED) is 0.268. The Morgan fingerprint density at radius 2 is 1.77 bits per heavy atom. The van der Waals surface area contributed by atoms with E-state index in [4.69, 9.17) is 4.74 Å². The molecule has 7 rings (SSSR count). The largest absolute Gasteiger partial charge is 0.511 e. The number of amidine groups is 1. The standard InChI is InChI=1S/C32H30FN5O8S2/c33-22-10-6-18(7-11-22)16-38-28-21-9-8-20(14-21)26(28)29(39)27(31(38)40)30-34-24-13-12-23(15-25(24)47(42,43)36-30)35-48(44,45)37-32(41)46-17-19-4-2-1-3-5-19/h1-7,10-13,15,20-21,26,28,35,39H,8-9,14,16-17H2,(H,34,36)(H,37,41)/t20-,21+,26?,28?/m0/s1. The first-order valence-electron chi connectivity index (χ1n) is 15.1. The Bertz CT molecular complexity index is 2090. The Hall–Kier alpha value is -4.96. The second-order valence-corrected chi connectivity index (χ2v) is 15.2. The van der Waals surface area contributed by atoms with Crippen molar-refractivity contribution in [1.29, 1.82) is 0 Å². The molecule has 4 atom stereocenters. The van der Waals surface area contributed by atoms with Gasteiger partial charge in [-0.25, -0.2) is 13.9 Å². The summed E-state index contributed by atoms with van der Waals surface area (Å²) >= 11 is 0. The van der Waals surface area contributed by atoms with Gasteiger partial charge in [-0.1, -0.05) is 42.5 Å². The monoisotopic (exact) mass is 695 g/mol. The molecule has 250 valence electrons. The van der Waals surface area contributed by atoms with Gasteiger partial charge in [0, 0.05) is 18.5 Å². The summed E-state index contributed by atoms with van der Waals surface area (Å²) < 4.78 is 78.3. The number of hydrogen-bond acceptors (Lipinski definition) is 9. The highest BCUT2D eigenvalue weighted by atomic mass is 32.2. The topological polar surface area (TPSA) is 184 Å². The molecule has 0 saturated heterocycles. The van der Waals surface area contributed by atoms with E-state index in [9.17, 15) is 35.9 Å². The number of sulfonamides is 1. The third-order valence-electron chi connectivity index (χ3n) is 9.19. The van der Waals surface area contributed by atoms with E-state index in [1.165, 1.54) is 24.3 Å². The van der Waals surface area contributed by atoms with Crippen LogP contribution in [0.15, 0.2) is 93.4 Å². The molecule has 2 heterocycles. The summed E-state index contributed by atoms with van der Waals surface area (Å²) in [7, 11) is -9.05. The van der Waals surface area contributed by atoms with Gasteiger partial charge in [0.05, 0.1) is 11.4 Å². The fraction of sp³-hybridized carbons (Fsp3) is 0.281. The fourth-order valence-electron chi connectivity index (χ4n) is 7.21. The van der Waals surface area contributed by atoms with Gasteiger partial charge in [-0.3, -0.25) is 9.52 Å². The smallest absolute Gasteiger partial charge is 0.422 e. The lowest BCUT2D eigenvalue weighted by Crippen LogP contribution is -2.53. The minimum Gasteiger partial charge on any atom is -0.511 e. The summed E-state index contributed by atoms with van der Waals surface area (Å²) in [6.07, 6.45) is 1.34. The molecule has 2 saturated carbocycles. The van der Waals surface area contributed by atoms with E-state index < -0.39 is 48.9 Å². The lowest BCUT2D eigenvalue weighted by Gasteiger charge is -2.44. The molecule has 4 N–H and O–H groups in total. The SMILES string of the molecule is O=C(NS(=O)(=O)Nc1ccc2c(c1)S(=O)(=O)N=C(C1=C(O)C3C([C@@H]4CC[C@H]3C4)N(Cc3ccc(F)cc3)C1=O)N2)OCc1ccccc1. The summed E-state index contributed by atoms with van der Waals surface area (Å²) in [4.78, 5) is 27.4. The van der Waals surface area contributed by atoms with Crippen molar-refractivity contribution in [1.82, 2.24) is 9.62 Å². The second-order valence-electron chi connectivity index (χ2n) is 12.2. The highest BCUT2D eigenvalue weighted by Gasteiger charge is 2.57. The van der Waals surface area contributed by atoms with Gasteiger partial charge in [0.2, 0.25) is 0 Å². The van der Waals surface area contributed by atoms with Crippen LogP contribution in [0.1, 0.15) is 30.4 Å². The maximum atomic E-state index is 14.1. The van der Waals surface area contributed by atoms with E-state index >= 15 is 0 Å². The van der Waals surface area contributed by atoms with Crippen molar-refractivity contribution in [2.75, 3.05) is 10.0 Å². The highest BCUT2D eigenvalue weighted by Crippen LogP contribution is 2.55. The average Bonchev–Trinajstić information content (AvgIpc) is 3.66. The molecule has 2 amide bonds. The van der Waals surface area contributed by atoms with Crippen molar-refractivity contribution in [3.8, 4) is 0 Å². The second kappa shape index (κ2) is 11.9. The summed E-state index contributed by atoms with van der Waals surface area (Å²) in [5.41, 5.74) is 0.847. The number of halogens is 1. The number of carbonyl (C=O) groups is 2. The summed E-state index contributed by atoms with van der Waals surface area (Å²) in [5.74, 6) is -1.73. The number of aliphatic hydroxyl groups is 1. The van der Waals surface area contributed by atoms with Crippen LogP contribution in [0.2, 0.25) is 0 Å². The fourth-order valence-corrected chi connectivity index (χ4v) is 9.12. The molecule has 2 fully saturated rings. The summed E-state index contributed by atoms with van der Waals surface area (Å²) in [5, 5.41) is 14.4. The van der Waals surface area contributed by atoms with Crippen LogP contribution >= 0.6 is 0 Å². The van der Waals surface area contributed by atoms with Gasteiger partial charge in [0.1, 0.15) is 28.7 Å². The van der Waals surface area contributed by atoms with Gasteiger partial charge in [0.15, 0.2) is 5.84 Å². The van der Waals surface area contributed by atoms with E-state index in [1.54, 1.807) is 52.1 Å². The van der Waals surface area contributed by atoms with E-state index in [0.29, 0.717) is 11.1 Å². The molecular weight excluding hydrogens is 666 g/mol. The van der Waals surface area contributed by atoms with E-state index in [2.05, 4.69) is 14.4 Å². The van der Waals surface area contributed by atoms with Gasteiger partial charge in [0.25, 0.3) is 15.9 Å². The van der Waals surface area contributed by atoms with Crippen LogP contribution < -0.4 is 14.8 Å². The maximum Gasteiger partial charge on any atom is 0.422 e. The van der Waals surface area contributed by atoms with Gasteiger partial charge in [-0.05, 0) is 72.6 Å².